The molecule has 0 fully saturated rings. The van der Waals surface area contributed by atoms with Gasteiger partial charge in [-0.1, -0.05) is 24.6 Å². The lowest BCUT2D eigenvalue weighted by molar-refractivity contribution is 0.516. The van der Waals surface area contributed by atoms with E-state index < -0.39 is 0 Å². The van der Waals surface area contributed by atoms with E-state index in [1.54, 1.807) is 23.6 Å². The molecule has 1 atom stereocenters. The van der Waals surface area contributed by atoms with E-state index in [0.717, 1.165) is 17.0 Å². The van der Waals surface area contributed by atoms with Crippen molar-refractivity contribution < 1.29 is 4.39 Å². The fourth-order valence-corrected chi connectivity index (χ4v) is 2.74. The molecule has 2 rings (SSSR count). The van der Waals surface area contributed by atoms with Gasteiger partial charge in [0.25, 0.3) is 0 Å². The lowest BCUT2D eigenvalue weighted by Crippen LogP contribution is -2.20. The number of thiazole rings is 1. The minimum absolute atomic E-state index is 0.214. The van der Waals surface area contributed by atoms with Gasteiger partial charge in [0.15, 0.2) is 0 Å². The minimum Gasteiger partial charge on any atom is -0.304 e. The lowest BCUT2D eigenvalue weighted by atomic mass is 10.2. The third-order valence-electron chi connectivity index (χ3n) is 2.71. The summed E-state index contributed by atoms with van der Waals surface area (Å²) in [6, 6.07) is 4.68. The number of rotatable bonds is 5. The molecule has 1 aromatic heterocycles. The zero-order valence-electron chi connectivity index (χ0n) is 9.99. The summed E-state index contributed by atoms with van der Waals surface area (Å²) in [6.07, 6.45) is 2.75. The van der Waals surface area contributed by atoms with Crippen molar-refractivity contribution in [3.63, 3.8) is 0 Å². The number of benzene rings is 1. The standard InChI is InChI=1S/C13H14ClFN2S/c1-2-12(13-16-5-6-18-13)17-8-9-3-4-10(15)7-11(9)14/h3-7,12,17H,2,8H2,1H3. The molecule has 0 saturated carbocycles. The minimum atomic E-state index is -0.310. The monoisotopic (exact) mass is 284 g/mol. The molecule has 0 amide bonds. The van der Waals surface area contributed by atoms with Crippen LogP contribution in [0.2, 0.25) is 5.02 Å². The Morgan fingerprint density at radius 2 is 2.33 bits per heavy atom. The van der Waals surface area contributed by atoms with E-state index in [-0.39, 0.29) is 11.9 Å². The third kappa shape index (κ3) is 3.28. The zero-order chi connectivity index (χ0) is 13.0. The highest BCUT2D eigenvalue weighted by Gasteiger charge is 2.12. The molecule has 0 aliphatic rings. The van der Waals surface area contributed by atoms with E-state index in [1.807, 2.05) is 5.38 Å². The first kappa shape index (κ1) is 13.5. The Hall–Kier alpha value is -0.970. The zero-order valence-corrected chi connectivity index (χ0v) is 11.6. The largest absolute Gasteiger partial charge is 0.304 e. The van der Waals surface area contributed by atoms with Gasteiger partial charge in [-0.05, 0) is 24.1 Å². The number of nitrogens with zero attached hydrogens (tertiary/aromatic N) is 1. The first-order valence-electron chi connectivity index (χ1n) is 5.77. The van der Waals surface area contributed by atoms with Crippen LogP contribution < -0.4 is 5.32 Å². The maximum atomic E-state index is 12.9. The maximum absolute atomic E-state index is 12.9. The lowest BCUT2D eigenvalue weighted by Gasteiger charge is -2.15. The Bertz CT molecular complexity index is 502. The van der Waals surface area contributed by atoms with Crippen LogP contribution >= 0.6 is 22.9 Å². The molecule has 1 aromatic carbocycles. The van der Waals surface area contributed by atoms with Gasteiger partial charge in [0.05, 0.1) is 6.04 Å². The summed E-state index contributed by atoms with van der Waals surface area (Å²) in [5.41, 5.74) is 0.896. The summed E-state index contributed by atoms with van der Waals surface area (Å²) in [5.74, 6) is -0.310. The number of aromatic nitrogens is 1. The molecular formula is C13H14ClFN2S. The molecule has 1 N–H and O–H groups in total. The van der Waals surface area contributed by atoms with Crippen molar-refractivity contribution in [3.8, 4) is 0 Å². The van der Waals surface area contributed by atoms with E-state index in [1.165, 1.54) is 12.1 Å². The van der Waals surface area contributed by atoms with Crippen LogP contribution in [0, 0.1) is 5.82 Å². The van der Waals surface area contributed by atoms with Crippen LogP contribution in [0.3, 0.4) is 0 Å². The highest BCUT2D eigenvalue weighted by Crippen LogP contribution is 2.21. The van der Waals surface area contributed by atoms with Crippen LogP contribution in [0.4, 0.5) is 4.39 Å². The Labute approximate surface area is 115 Å². The van der Waals surface area contributed by atoms with Gasteiger partial charge in [0.1, 0.15) is 10.8 Å². The average molecular weight is 285 g/mol. The van der Waals surface area contributed by atoms with Gasteiger partial charge in [-0.3, -0.25) is 0 Å². The summed E-state index contributed by atoms with van der Waals surface area (Å²) >= 11 is 7.62. The summed E-state index contributed by atoms with van der Waals surface area (Å²) in [4.78, 5) is 4.30. The predicted octanol–water partition coefficient (Wildman–Crippen LogP) is 4.18. The Balaban J connectivity index is 2.02. The molecular weight excluding hydrogens is 271 g/mol. The number of hydrogen-bond donors (Lipinski definition) is 1. The van der Waals surface area contributed by atoms with Gasteiger partial charge in [-0.25, -0.2) is 9.37 Å². The fraction of sp³-hybridized carbons (Fsp3) is 0.308. The molecule has 0 aliphatic carbocycles. The number of nitrogens with one attached hydrogen (secondary N) is 1. The van der Waals surface area contributed by atoms with Gasteiger partial charge < -0.3 is 5.32 Å². The van der Waals surface area contributed by atoms with Gasteiger partial charge >= 0.3 is 0 Å². The molecule has 1 heterocycles. The molecule has 2 nitrogen and oxygen atoms in total. The molecule has 0 bridgehead atoms. The molecule has 1 unspecified atom stereocenters. The van der Waals surface area contributed by atoms with Crippen molar-refractivity contribution in [3.05, 3.63) is 51.2 Å². The van der Waals surface area contributed by atoms with Crippen LogP contribution in [0.1, 0.15) is 30.0 Å². The van der Waals surface area contributed by atoms with Crippen molar-refractivity contribution in [1.82, 2.24) is 10.3 Å². The average Bonchev–Trinajstić information content (AvgIpc) is 2.86. The van der Waals surface area contributed by atoms with Crippen molar-refractivity contribution in [2.75, 3.05) is 0 Å². The van der Waals surface area contributed by atoms with Gasteiger partial charge in [-0.2, -0.15) is 0 Å². The summed E-state index contributed by atoms with van der Waals surface area (Å²) in [5, 5.41) is 6.87. The van der Waals surface area contributed by atoms with Crippen LogP contribution in [-0.4, -0.2) is 4.98 Å². The number of hydrogen-bond acceptors (Lipinski definition) is 3. The topological polar surface area (TPSA) is 24.9 Å². The first-order chi connectivity index (χ1) is 8.70. The number of halogens is 2. The summed E-state index contributed by atoms with van der Waals surface area (Å²) in [6.45, 7) is 2.71. The highest BCUT2D eigenvalue weighted by atomic mass is 35.5. The summed E-state index contributed by atoms with van der Waals surface area (Å²) in [7, 11) is 0. The molecule has 0 spiro atoms. The van der Waals surface area contributed by atoms with Crippen LogP contribution in [0.15, 0.2) is 29.8 Å². The van der Waals surface area contributed by atoms with Crippen LogP contribution in [0.5, 0.6) is 0 Å². The predicted molar refractivity (Wildman–Crippen MR) is 73.4 cm³/mol. The van der Waals surface area contributed by atoms with Crippen LogP contribution in [0.25, 0.3) is 0 Å². The van der Waals surface area contributed by atoms with Crippen molar-refractivity contribution in [1.29, 1.82) is 0 Å². The fourth-order valence-electron chi connectivity index (χ4n) is 1.71. The molecule has 0 radical (unpaired) electrons. The molecule has 5 heteroatoms. The Morgan fingerprint density at radius 1 is 1.50 bits per heavy atom. The second kappa shape index (κ2) is 6.27. The second-order valence-corrected chi connectivity index (χ2v) is 5.28. The SMILES string of the molecule is CCC(NCc1ccc(F)cc1Cl)c1nccs1. The van der Waals surface area contributed by atoms with Gasteiger partial charge in [0.2, 0.25) is 0 Å². The van der Waals surface area contributed by atoms with E-state index in [0.29, 0.717) is 11.6 Å². The van der Waals surface area contributed by atoms with E-state index in [4.69, 9.17) is 11.6 Å². The second-order valence-electron chi connectivity index (χ2n) is 3.95. The van der Waals surface area contributed by atoms with Crippen molar-refractivity contribution in [2.45, 2.75) is 25.9 Å². The molecule has 0 aliphatic heterocycles. The quantitative estimate of drug-likeness (QED) is 0.891. The van der Waals surface area contributed by atoms with Crippen LogP contribution in [-0.2, 0) is 6.54 Å². The highest BCUT2D eigenvalue weighted by molar-refractivity contribution is 7.09. The molecule has 18 heavy (non-hydrogen) atoms. The third-order valence-corrected chi connectivity index (χ3v) is 3.95. The molecule has 2 aromatic rings. The van der Waals surface area contributed by atoms with E-state index in [2.05, 4.69) is 17.2 Å². The van der Waals surface area contributed by atoms with E-state index >= 15 is 0 Å². The normalized spacial score (nSPS) is 12.6. The smallest absolute Gasteiger partial charge is 0.124 e. The Morgan fingerprint density at radius 3 is 2.94 bits per heavy atom. The summed E-state index contributed by atoms with van der Waals surface area (Å²) < 4.78 is 12.9. The maximum Gasteiger partial charge on any atom is 0.124 e. The van der Waals surface area contributed by atoms with Crippen molar-refractivity contribution >= 4 is 22.9 Å². The Kier molecular flexibility index (Phi) is 4.69. The molecule has 96 valence electrons. The van der Waals surface area contributed by atoms with Gasteiger partial charge in [0, 0.05) is 23.1 Å². The van der Waals surface area contributed by atoms with Crippen molar-refractivity contribution in [2.24, 2.45) is 0 Å². The molecule has 0 saturated heterocycles. The van der Waals surface area contributed by atoms with Gasteiger partial charge in [-0.15, -0.1) is 11.3 Å². The van der Waals surface area contributed by atoms with E-state index in [9.17, 15) is 4.39 Å². The first-order valence-corrected chi connectivity index (χ1v) is 7.03.